The van der Waals surface area contributed by atoms with Crippen LogP contribution in [0.1, 0.15) is 21.5 Å². The Hall–Kier alpha value is -3.85. The Morgan fingerprint density at radius 3 is 2.06 bits per heavy atom. The number of amides is 2. The first-order chi connectivity index (χ1) is 15.2. The quantitative estimate of drug-likeness (QED) is 0.419. The van der Waals surface area contributed by atoms with Crippen LogP contribution in [0.15, 0.2) is 71.6 Å². The van der Waals surface area contributed by atoms with Crippen LogP contribution in [0.2, 0.25) is 0 Å². The molecule has 9 heteroatoms. The fourth-order valence-corrected chi connectivity index (χ4v) is 3.96. The van der Waals surface area contributed by atoms with Crippen LogP contribution in [0.3, 0.4) is 0 Å². The molecule has 0 heterocycles. The van der Waals surface area contributed by atoms with Gasteiger partial charge in [-0.1, -0.05) is 24.3 Å². The molecule has 8 nitrogen and oxygen atoms in total. The highest BCUT2D eigenvalue weighted by Gasteiger charge is 2.22. The van der Waals surface area contributed by atoms with Crippen LogP contribution in [0.5, 0.6) is 5.75 Å². The molecule has 0 atom stereocenters. The highest BCUT2D eigenvalue weighted by atomic mass is 32.2. The lowest BCUT2D eigenvalue weighted by atomic mass is 10.2. The minimum absolute atomic E-state index is 0.0481. The summed E-state index contributed by atoms with van der Waals surface area (Å²) in [6.45, 7) is 3.65. The van der Waals surface area contributed by atoms with E-state index >= 15 is 0 Å². The van der Waals surface area contributed by atoms with Crippen LogP contribution in [0.4, 0.5) is 16.2 Å². The van der Waals surface area contributed by atoms with Crippen molar-refractivity contribution in [1.82, 2.24) is 0 Å². The first-order valence-electron chi connectivity index (χ1n) is 9.56. The number of aryl methyl sites for hydroxylation is 2. The van der Waals surface area contributed by atoms with Crippen molar-refractivity contribution in [2.45, 2.75) is 18.7 Å². The minimum Gasteiger partial charge on any atom is -0.465 e. The molecule has 3 rings (SSSR count). The van der Waals surface area contributed by atoms with E-state index in [0.29, 0.717) is 5.69 Å². The van der Waals surface area contributed by atoms with Crippen molar-refractivity contribution >= 4 is 33.5 Å². The second-order valence-electron chi connectivity index (χ2n) is 7.01. The Balaban J connectivity index is 1.84. The largest absolute Gasteiger partial charge is 0.465 e. The maximum Gasteiger partial charge on any atom is 0.341 e. The third-order valence-corrected chi connectivity index (χ3v) is 5.63. The van der Waals surface area contributed by atoms with Gasteiger partial charge >= 0.3 is 22.1 Å². The lowest BCUT2D eigenvalue weighted by Gasteiger charge is -2.13. The van der Waals surface area contributed by atoms with Crippen LogP contribution >= 0.6 is 0 Å². The van der Waals surface area contributed by atoms with Gasteiger partial charge in [-0.3, -0.25) is 0 Å². The standard InChI is InChI=1S/C23H22N2O6S/c1-15-6-4-8-17(12-15)24-23(27)25-18-10-11-21(20(14-18)22(26)30-3)31-32(28,29)19-9-5-7-16(2)13-19/h4-14H,1-3H3,(H2,24,25,27). The molecule has 0 fully saturated rings. The van der Waals surface area contributed by atoms with Crippen molar-refractivity contribution in [3.05, 3.63) is 83.4 Å². The highest BCUT2D eigenvalue weighted by molar-refractivity contribution is 7.87. The van der Waals surface area contributed by atoms with Crippen molar-refractivity contribution in [3.8, 4) is 5.75 Å². The molecular formula is C23H22N2O6S. The van der Waals surface area contributed by atoms with Gasteiger partial charge in [0.15, 0.2) is 5.75 Å². The number of urea groups is 1. The average Bonchev–Trinajstić information content (AvgIpc) is 2.74. The average molecular weight is 455 g/mol. The van der Waals surface area contributed by atoms with Gasteiger partial charge in [0.05, 0.1) is 7.11 Å². The predicted molar refractivity (Wildman–Crippen MR) is 121 cm³/mol. The van der Waals surface area contributed by atoms with Gasteiger partial charge < -0.3 is 19.6 Å². The minimum atomic E-state index is -4.19. The number of hydrogen-bond acceptors (Lipinski definition) is 6. The van der Waals surface area contributed by atoms with Crippen LogP contribution < -0.4 is 14.8 Å². The Kier molecular flexibility index (Phi) is 6.79. The third kappa shape index (κ3) is 5.64. The van der Waals surface area contributed by atoms with E-state index in [4.69, 9.17) is 8.92 Å². The van der Waals surface area contributed by atoms with Crippen LogP contribution in [0, 0.1) is 13.8 Å². The summed E-state index contributed by atoms with van der Waals surface area (Å²) in [6, 6.07) is 16.9. The second-order valence-corrected chi connectivity index (χ2v) is 8.55. The lowest BCUT2D eigenvalue weighted by molar-refractivity contribution is 0.0599. The number of rotatable bonds is 6. The third-order valence-electron chi connectivity index (χ3n) is 4.40. The van der Waals surface area contributed by atoms with Crippen molar-refractivity contribution in [2.24, 2.45) is 0 Å². The van der Waals surface area contributed by atoms with Crippen LogP contribution in [-0.2, 0) is 14.9 Å². The number of methoxy groups -OCH3 is 1. The zero-order chi connectivity index (χ0) is 23.3. The second kappa shape index (κ2) is 9.52. The van der Waals surface area contributed by atoms with Crippen molar-refractivity contribution in [3.63, 3.8) is 0 Å². The summed E-state index contributed by atoms with van der Waals surface area (Å²) in [6.07, 6.45) is 0. The van der Waals surface area contributed by atoms with Crippen molar-refractivity contribution in [1.29, 1.82) is 0 Å². The molecule has 166 valence electrons. The van der Waals surface area contributed by atoms with E-state index in [1.54, 1.807) is 37.3 Å². The Morgan fingerprint density at radius 2 is 1.44 bits per heavy atom. The smallest absolute Gasteiger partial charge is 0.341 e. The van der Waals surface area contributed by atoms with Gasteiger partial charge in [-0.2, -0.15) is 8.42 Å². The number of esters is 1. The monoisotopic (exact) mass is 454 g/mol. The number of ether oxygens (including phenoxy) is 1. The van der Waals surface area contributed by atoms with Crippen molar-refractivity contribution < 1.29 is 26.9 Å². The number of hydrogen-bond donors (Lipinski definition) is 2. The van der Waals surface area contributed by atoms with Gasteiger partial charge in [0, 0.05) is 11.4 Å². The molecule has 0 saturated carbocycles. The SMILES string of the molecule is COC(=O)c1cc(NC(=O)Nc2cccc(C)c2)ccc1OS(=O)(=O)c1cccc(C)c1. The predicted octanol–water partition coefficient (Wildman–Crippen LogP) is 4.50. The van der Waals surface area contributed by atoms with Gasteiger partial charge in [-0.05, 0) is 67.4 Å². The molecule has 2 amide bonds. The molecule has 0 aliphatic carbocycles. The fraction of sp³-hybridized carbons (Fsp3) is 0.130. The number of nitrogens with one attached hydrogen (secondary N) is 2. The zero-order valence-electron chi connectivity index (χ0n) is 17.7. The van der Waals surface area contributed by atoms with E-state index in [0.717, 1.165) is 18.2 Å². The van der Waals surface area contributed by atoms with E-state index in [1.165, 1.54) is 30.3 Å². The van der Waals surface area contributed by atoms with E-state index in [-0.39, 0.29) is 21.9 Å². The summed E-state index contributed by atoms with van der Waals surface area (Å²) < 4.78 is 35.3. The van der Waals surface area contributed by atoms with Crippen LogP contribution in [-0.4, -0.2) is 27.5 Å². The zero-order valence-corrected chi connectivity index (χ0v) is 18.5. The molecule has 0 aromatic heterocycles. The number of benzene rings is 3. The molecule has 0 radical (unpaired) electrons. The summed E-state index contributed by atoms with van der Waals surface area (Å²) in [5, 5.41) is 5.28. The van der Waals surface area contributed by atoms with Crippen molar-refractivity contribution in [2.75, 3.05) is 17.7 Å². The molecule has 3 aromatic carbocycles. The first-order valence-corrected chi connectivity index (χ1v) is 11.0. The van der Waals surface area contributed by atoms with E-state index in [2.05, 4.69) is 10.6 Å². The summed E-state index contributed by atoms with van der Waals surface area (Å²) in [5.41, 5.74) is 2.40. The molecule has 0 aliphatic rings. The molecule has 2 N–H and O–H groups in total. The fourth-order valence-electron chi connectivity index (χ4n) is 2.90. The van der Waals surface area contributed by atoms with E-state index < -0.39 is 22.1 Å². The van der Waals surface area contributed by atoms with Crippen LogP contribution in [0.25, 0.3) is 0 Å². The number of carbonyl (C=O) groups excluding carboxylic acids is 2. The topological polar surface area (TPSA) is 111 Å². The van der Waals surface area contributed by atoms with Gasteiger partial charge in [-0.25, -0.2) is 9.59 Å². The first kappa shape index (κ1) is 22.8. The summed E-state index contributed by atoms with van der Waals surface area (Å²) in [5.74, 6) is -1.04. The number of carbonyl (C=O) groups is 2. The lowest BCUT2D eigenvalue weighted by Crippen LogP contribution is -2.20. The summed E-state index contributed by atoms with van der Waals surface area (Å²) in [4.78, 5) is 24.5. The van der Waals surface area contributed by atoms with E-state index in [9.17, 15) is 18.0 Å². The molecule has 0 bridgehead atoms. The molecule has 0 saturated heterocycles. The highest BCUT2D eigenvalue weighted by Crippen LogP contribution is 2.27. The Bertz CT molecular complexity index is 1270. The Morgan fingerprint density at radius 1 is 0.812 bits per heavy atom. The molecule has 32 heavy (non-hydrogen) atoms. The van der Waals surface area contributed by atoms with Gasteiger partial charge in [0.25, 0.3) is 0 Å². The molecule has 3 aromatic rings. The molecule has 0 spiro atoms. The summed E-state index contributed by atoms with van der Waals surface area (Å²) >= 11 is 0. The number of anilines is 2. The van der Waals surface area contributed by atoms with Gasteiger partial charge in [0.1, 0.15) is 10.5 Å². The molecule has 0 unspecified atom stereocenters. The Labute approximate surface area is 186 Å². The maximum atomic E-state index is 12.7. The normalized spacial score (nSPS) is 10.8. The maximum absolute atomic E-state index is 12.7. The summed E-state index contributed by atoms with van der Waals surface area (Å²) in [7, 11) is -3.03. The van der Waals surface area contributed by atoms with Gasteiger partial charge in [-0.15, -0.1) is 0 Å². The van der Waals surface area contributed by atoms with E-state index in [1.807, 2.05) is 13.0 Å². The molecule has 0 aliphatic heterocycles. The molecular weight excluding hydrogens is 432 g/mol. The van der Waals surface area contributed by atoms with Gasteiger partial charge in [0.2, 0.25) is 0 Å².